The van der Waals surface area contributed by atoms with Crippen molar-refractivity contribution in [3.8, 4) is 23.0 Å². The largest absolute Gasteiger partial charge is 0.457 e. The Labute approximate surface area is 215 Å². The maximum absolute atomic E-state index is 12.6. The summed E-state index contributed by atoms with van der Waals surface area (Å²) in [4.78, 5) is 0. The molecule has 4 N–H and O–H groups in total. The summed E-state index contributed by atoms with van der Waals surface area (Å²) in [5, 5.41) is 0. The van der Waals surface area contributed by atoms with Crippen molar-refractivity contribution in [1.82, 2.24) is 0 Å². The highest BCUT2D eigenvalue weighted by molar-refractivity contribution is 7.59. The van der Waals surface area contributed by atoms with E-state index in [9.17, 15) is 26.3 Å². The lowest BCUT2D eigenvalue weighted by Crippen LogP contribution is -2.06. The van der Waals surface area contributed by atoms with Crippen molar-refractivity contribution < 1.29 is 35.8 Å². The van der Waals surface area contributed by atoms with Crippen LogP contribution >= 0.6 is 13.5 Å². The predicted octanol–water partition coefficient (Wildman–Crippen LogP) is 8.27. The van der Waals surface area contributed by atoms with Gasteiger partial charge in [-0.3, -0.25) is 0 Å². The lowest BCUT2D eigenvalue weighted by atomic mass is 10.2. The molecule has 0 aliphatic heterocycles. The fraction of sp³-hybridized carbons (Fsp3) is 0.0769. The molecule has 0 bridgehead atoms. The molecule has 0 saturated carbocycles. The number of ether oxygens (including phenoxy) is 2. The molecule has 0 aromatic heterocycles. The van der Waals surface area contributed by atoms with E-state index in [0.717, 1.165) is 24.3 Å². The number of hydrogen-bond donors (Lipinski definition) is 2. The van der Waals surface area contributed by atoms with Gasteiger partial charge < -0.3 is 20.9 Å². The van der Waals surface area contributed by atoms with E-state index in [0.29, 0.717) is 11.5 Å². The van der Waals surface area contributed by atoms with Gasteiger partial charge in [-0.15, -0.1) is 0 Å². The number of hydrogen-bond acceptors (Lipinski definition) is 4. The molecule has 37 heavy (non-hydrogen) atoms. The van der Waals surface area contributed by atoms with Crippen LogP contribution in [0.4, 0.5) is 37.7 Å². The number of nitrogens with two attached hydrogens (primary N) is 2. The zero-order valence-corrected chi connectivity index (χ0v) is 20.0. The molecule has 0 atom stereocenters. The summed E-state index contributed by atoms with van der Waals surface area (Å²) in [5.41, 5.74) is 9.23. The van der Waals surface area contributed by atoms with E-state index >= 15 is 0 Å². The monoisotopic (exact) mass is 540 g/mol. The number of anilines is 2. The molecule has 4 rings (SSSR count). The van der Waals surface area contributed by atoms with Gasteiger partial charge in [0.15, 0.2) is 0 Å². The van der Waals surface area contributed by atoms with E-state index in [4.69, 9.17) is 20.9 Å². The Hall–Kier alpha value is -3.99. The van der Waals surface area contributed by atoms with Crippen LogP contribution in [0.5, 0.6) is 23.0 Å². The molecule has 0 spiro atoms. The minimum absolute atomic E-state index is 0. The van der Waals surface area contributed by atoms with Crippen LogP contribution in [0.3, 0.4) is 0 Å². The molecule has 0 radical (unpaired) electrons. The molecule has 4 nitrogen and oxygen atoms in total. The smallest absolute Gasteiger partial charge is 0.416 e. The quantitative estimate of drug-likeness (QED) is 0.202. The van der Waals surface area contributed by atoms with Crippen molar-refractivity contribution in [2.75, 3.05) is 11.5 Å². The topological polar surface area (TPSA) is 70.5 Å². The molecule has 0 unspecified atom stereocenters. The Bertz CT molecular complexity index is 1180. The van der Waals surface area contributed by atoms with Gasteiger partial charge in [-0.05, 0) is 48.5 Å². The Morgan fingerprint density at radius 1 is 0.459 bits per heavy atom. The molecule has 0 aliphatic carbocycles. The average molecular weight is 541 g/mol. The summed E-state index contributed by atoms with van der Waals surface area (Å²) in [6.45, 7) is 0. The first-order chi connectivity index (χ1) is 16.9. The molecule has 0 aliphatic rings. The van der Waals surface area contributed by atoms with Gasteiger partial charge in [0.2, 0.25) is 0 Å². The lowest BCUT2D eigenvalue weighted by Gasteiger charge is -2.11. The Balaban J connectivity index is 0.000000253. The first kappa shape index (κ1) is 29.2. The van der Waals surface area contributed by atoms with Gasteiger partial charge >= 0.3 is 12.4 Å². The minimum Gasteiger partial charge on any atom is -0.457 e. The van der Waals surface area contributed by atoms with E-state index in [1.54, 1.807) is 60.7 Å². The van der Waals surface area contributed by atoms with E-state index in [2.05, 4.69) is 0 Å². The van der Waals surface area contributed by atoms with Crippen LogP contribution in [-0.4, -0.2) is 0 Å². The standard InChI is InChI=1S/2C13H10F3NO.H2S/c2*14-13(15,16)9-6-10(17)8-12(7-9)18-11-4-2-1-3-5-11;/h2*1-8H,17H2;1H2. The first-order valence-electron chi connectivity index (χ1n) is 10.3. The van der Waals surface area contributed by atoms with Crippen LogP contribution in [0.15, 0.2) is 97.1 Å². The molecule has 4 aromatic rings. The van der Waals surface area contributed by atoms with Crippen molar-refractivity contribution in [2.24, 2.45) is 0 Å². The van der Waals surface area contributed by atoms with Crippen molar-refractivity contribution >= 4 is 24.9 Å². The molecule has 0 heterocycles. The fourth-order valence-electron chi connectivity index (χ4n) is 2.94. The third-order valence-electron chi connectivity index (χ3n) is 4.47. The number of para-hydroxylation sites is 2. The summed E-state index contributed by atoms with van der Waals surface area (Å²) < 4.78 is 86.1. The Morgan fingerprint density at radius 3 is 1.08 bits per heavy atom. The molecule has 0 fully saturated rings. The van der Waals surface area contributed by atoms with Gasteiger partial charge in [0, 0.05) is 23.5 Å². The second-order valence-electron chi connectivity index (χ2n) is 7.41. The number of halogens is 6. The molecular weight excluding hydrogens is 518 g/mol. The normalized spacial score (nSPS) is 11.0. The van der Waals surface area contributed by atoms with Gasteiger partial charge in [0.25, 0.3) is 0 Å². The maximum atomic E-state index is 12.6. The highest BCUT2D eigenvalue weighted by Crippen LogP contribution is 2.36. The third kappa shape index (κ3) is 9.19. The van der Waals surface area contributed by atoms with Crippen LogP contribution in [-0.2, 0) is 12.4 Å². The molecule has 196 valence electrons. The summed E-state index contributed by atoms with van der Waals surface area (Å²) in [7, 11) is 0. The second kappa shape index (κ2) is 12.3. The first-order valence-corrected chi connectivity index (χ1v) is 10.3. The summed E-state index contributed by atoms with van der Waals surface area (Å²) >= 11 is 0. The van der Waals surface area contributed by atoms with Crippen molar-refractivity contribution in [1.29, 1.82) is 0 Å². The van der Waals surface area contributed by atoms with Gasteiger partial charge in [0.1, 0.15) is 23.0 Å². The molecule has 0 amide bonds. The number of benzene rings is 4. The number of alkyl halides is 6. The van der Waals surface area contributed by atoms with Crippen LogP contribution in [0.1, 0.15) is 11.1 Å². The SMILES string of the molecule is Nc1cc(Oc2ccccc2)cc(C(F)(F)F)c1.Nc1cc(Oc2ccccc2)cc(C(F)(F)F)c1.S. The summed E-state index contributed by atoms with van der Waals surface area (Å²) in [5.74, 6) is 1.04. The van der Waals surface area contributed by atoms with Gasteiger partial charge in [-0.25, -0.2) is 0 Å². The minimum atomic E-state index is -4.44. The van der Waals surface area contributed by atoms with Gasteiger partial charge in [0.05, 0.1) is 11.1 Å². The maximum Gasteiger partial charge on any atom is 0.416 e. The number of nitrogen functional groups attached to an aromatic ring is 2. The Kier molecular flexibility index (Phi) is 9.73. The van der Waals surface area contributed by atoms with Crippen LogP contribution in [0.25, 0.3) is 0 Å². The number of rotatable bonds is 4. The molecule has 0 saturated heterocycles. The van der Waals surface area contributed by atoms with E-state index in [1.165, 1.54) is 12.1 Å². The van der Waals surface area contributed by atoms with Crippen LogP contribution < -0.4 is 20.9 Å². The zero-order valence-electron chi connectivity index (χ0n) is 19.0. The fourth-order valence-corrected chi connectivity index (χ4v) is 2.94. The van der Waals surface area contributed by atoms with Gasteiger partial charge in [-0.2, -0.15) is 39.8 Å². The van der Waals surface area contributed by atoms with E-state index < -0.39 is 23.5 Å². The molecule has 4 aromatic carbocycles. The van der Waals surface area contributed by atoms with Crippen LogP contribution in [0.2, 0.25) is 0 Å². The average Bonchev–Trinajstić information content (AvgIpc) is 2.79. The van der Waals surface area contributed by atoms with Crippen molar-refractivity contribution in [3.05, 3.63) is 108 Å². The van der Waals surface area contributed by atoms with Crippen molar-refractivity contribution in [3.63, 3.8) is 0 Å². The molecule has 11 heteroatoms. The highest BCUT2D eigenvalue weighted by Gasteiger charge is 2.32. The summed E-state index contributed by atoms with van der Waals surface area (Å²) in [6, 6.07) is 23.4. The summed E-state index contributed by atoms with van der Waals surface area (Å²) in [6.07, 6.45) is -8.88. The molecular formula is C26H22F6N2O2S. The van der Waals surface area contributed by atoms with Crippen molar-refractivity contribution in [2.45, 2.75) is 12.4 Å². The predicted molar refractivity (Wildman–Crippen MR) is 135 cm³/mol. The van der Waals surface area contributed by atoms with E-state index in [-0.39, 0.29) is 36.4 Å². The second-order valence-corrected chi connectivity index (χ2v) is 7.41. The third-order valence-corrected chi connectivity index (χ3v) is 4.47. The Morgan fingerprint density at radius 2 is 0.784 bits per heavy atom. The zero-order chi connectivity index (χ0) is 26.3. The lowest BCUT2D eigenvalue weighted by molar-refractivity contribution is -0.138. The van der Waals surface area contributed by atoms with E-state index in [1.807, 2.05) is 0 Å². The van der Waals surface area contributed by atoms with Crippen LogP contribution in [0, 0.1) is 0 Å². The van der Waals surface area contributed by atoms with Gasteiger partial charge in [-0.1, -0.05) is 36.4 Å². The highest BCUT2D eigenvalue weighted by atomic mass is 32.1.